The second-order valence-corrected chi connectivity index (χ2v) is 9.28. The zero-order valence-electron chi connectivity index (χ0n) is 21.9. The van der Waals surface area contributed by atoms with Gasteiger partial charge in [-0.2, -0.15) is 0 Å². The predicted octanol–water partition coefficient (Wildman–Crippen LogP) is 0.815. The highest BCUT2D eigenvalue weighted by Crippen LogP contribution is 2.06. The van der Waals surface area contributed by atoms with E-state index in [0.717, 1.165) is 5.56 Å². The smallest absolute Gasteiger partial charge is 0.244 e. The number of nitrogens with two attached hydrogens (primary N) is 1. The number of benzene rings is 2. The largest absolute Gasteiger partial charge is 0.368 e. The zero-order chi connectivity index (χ0) is 28.8. The first-order valence-electron chi connectivity index (χ1n) is 12.4. The molecule has 5 amide bonds. The molecule has 11 heteroatoms. The van der Waals surface area contributed by atoms with E-state index in [-0.39, 0.29) is 12.3 Å². The van der Waals surface area contributed by atoms with Gasteiger partial charge in [-0.15, -0.1) is 0 Å². The van der Waals surface area contributed by atoms with Gasteiger partial charge in [0.15, 0.2) is 0 Å². The summed E-state index contributed by atoms with van der Waals surface area (Å²) in [5.74, 6) is -3.36. The Bertz CT molecular complexity index is 1170. The van der Waals surface area contributed by atoms with Crippen molar-refractivity contribution in [2.75, 3.05) is 13.1 Å². The Morgan fingerprint density at radius 2 is 1.44 bits per heavy atom. The molecule has 39 heavy (non-hydrogen) atoms. The van der Waals surface area contributed by atoms with Crippen molar-refractivity contribution in [3.63, 3.8) is 0 Å². The van der Waals surface area contributed by atoms with Crippen molar-refractivity contribution in [1.82, 2.24) is 21.3 Å². The molecule has 0 heterocycles. The Kier molecular flexibility index (Phi) is 12.3. The molecule has 6 N–H and O–H groups in total. The molecule has 0 aromatic heterocycles. The number of carbonyl (C=O) groups excluding carboxylic acids is 5. The maximum absolute atomic E-state index is 13.0. The molecule has 0 saturated heterocycles. The second kappa shape index (κ2) is 15.7. The highest BCUT2D eigenvalue weighted by molar-refractivity contribution is 5.96. The summed E-state index contributed by atoms with van der Waals surface area (Å²) in [4.78, 5) is 61.4. The van der Waals surface area contributed by atoms with E-state index in [2.05, 4.69) is 21.3 Å². The summed E-state index contributed by atoms with van der Waals surface area (Å²) in [7, 11) is 0. The lowest BCUT2D eigenvalue weighted by Gasteiger charge is -2.20. The molecule has 208 valence electrons. The minimum Gasteiger partial charge on any atom is -0.368 e. The van der Waals surface area contributed by atoms with Crippen LogP contribution in [0, 0.1) is 11.7 Å². The lowest BCUT2D eigenvalue weighted by Crippen LogP contribution is -2.53. The van der Waals surface area contributed by atoms with Gasteiger partial charge in [0.25, 0.3) is 0 Å². The van der Waals surface area contributed by atoms with Gasteiger partial charge in [0.05, 0.1) is 13.1 Å². The molecule has 0 aliphatic rings. The van der Waals surface area contributed by atoms with Crippen LogP contribution in [0.3, 0.4) is 0 Å². The lowest BCUT2D eigenvalue weighted by molar-refractivity contribution is -0.131. The van der Waals surface area contributed by atoms with Crippen LogP contribution in [0.1, 0.15) is 31.4 Å². The topological polar surface area (TPSA) is 159 Å². The highest BCUT2D eigenvalue weighted by atomic mass is 19.1. The van der Waals surface area contributed by atoms with Gasteiger partial charge >= 0.3 is 0 Å². The molecule has 0 spiro atoms. The summed E-state index contributed by atoms with van der Waals surface area (Å²) < 4.78 is 13.0. The lowest BCUT2D eigenvalue weighted by atomic mass is 10.0. The third-order valence-electron chi connectivity index (χ3n) is 5.46. The normalized spacial score (nSPS) is 12.4. The average molecular weight is 540 g/mol. The first kappa shape index (κ1) is 30.7. The van der Waals surface area contributed by atoms with Crippen LogP contribution in [0.25, 0.3) is 6.08 Å². The molecule has 0 aliphatic heterocycles. The van der Waals surface area contributed by atoms with Crippen LogP contribution >= 0.6 is 0 Å². The number of halogens is 1. The fourth-order valence-corrected chi connectivity index (χ4v) is 3.53. The summed E-state index contributed by atoms with van der Waals surface area (Å²) in [6, 6.07) is 12.5. The molecule has 2 aromatic rings. The van der Waals surface area contributed by atoms with Crippen molar-refractivity contribution in [3.05, 3.63) is 77.6 Å². The van der Waals surface area contributed by atoms with Crippen LogP contribution in [0.15, 0.2) is 60.7 Å². The fraction of sp³-hybridized carbons (Fsp3) is 0.321. The maximum atomic E-state index is 13.0. The van der Waals surface area contributed by atoms with Gasteiger partial charge in [0.1, 0.15) is 17.9 Å². The molecule has 2 aromatic carbocycles. The van der Waals surface area contributed by atoms with Crippen molar-refractivity contribution in [1.29, 1.82) is 0 Å². The molecule has 0 bridgehead atoms. The SMILES string of the molecule is CC(C)C[C@H](NC(=O)CNC(=O)[C@H](Cc1ccccc1)NC(=O)CNC(=O)/C=C/c1ccc(F)cc1)C(N)=O. The Balaban J connectivity index is 1.94. The molecule has 0 radical (unpaired) electrons. The third-order valence-corrected chi connectivity index (χ3v) is 5.46. The highest BCUT2D eigenvalue weighted by Gasteiger charge is 2.23. The van der Waals surface area contributed by atoms with Crippen LogP contribution in [0.4, 0.5) is 4.39 Å². The van der Waals surface area contributed by atoms with Gasteiger partial charge in [-0.3, -0.25) is 24.0 Å². The Morgan fingerprint density at radius 3 is 2.03 bits per heavy atom. The first-order valence-corrected chi connectivity index (χ1v) is 12.4. The minimum absolute atomic E-state index is 0.113. The van der Waals surface area contributed by atoms with E-state index in [0.29, 0.717) is 12.0 Å². The first-order chi connectivity index (χ1) is 18.5. The van der Waals surface area contributed by atoms with Gasteiger partial charge in [0.2, 0.25) is 29.5 Å². The van der Waals surface area contributed by atoms with Gasteiger partial charge < -0.3 is 27.0 Å². The third kappa shape index (κ3) is 12.0. The van der Waals surface area contributed by atoms with E-state index >= 15 is 0 Å². The number of rotatable bonds is 14. The molecule has 2 rings (SSSR count). The van der Waals surface area contributed by atoms with Crippen molar-refractivity contribution in [2.24, 2.45) is 11.7 Å². The van der Waals surface area contributed by atoms with Crippen molar-refractivity contribution in [3.8, 4) is 0 Å². The fourth-order valence-electron chi connectivity index (χ4n) is 3.53. The maximum Gasteiger partial charge on any atom is 0.244 e. The number of hydrogen-bond donors (Lipinski definition) is 5. The summed E-state index contributed by atoms with van der Waals surface area (Å²) in [5.41, 5.74) is 6.71. The van der Waals surface area contributed by atoms with E-state index in [4.69, 9.17) is 5.73 Å². The van der Waals surface area contributed by atoms with Gasteiger partial charge in [-0.1, -0.05) is 56.3 Å². The van der Waals surface area contributed by atoms with Crippen LogP contribution in [0.2, 0.25) is 0 Å². The number of hydrogen-bond acceptors (Lipinski definition) is 5. The molecular weight excluding hydrogens is 505 g/mol. The Hall–Kier alpha value is -4.54. The predicted molar refractivity (Wildman–Crippen MR) is 144 cm³/mol. The van der Waals surface area contributed by atoms with Gasteiger partial charge in [-0.05, 0) is 41.7 Å². The van der Waals surface area contributed by atoms with Crippen LogP contribution in [-0.2, 0) is 30.4 Å². The van der Waals surface area contributed by atoms with Gasteiger partial charge in [-0.25, -0.2) is 4.39 Å². The second-order valence-electron chi connectivity index (χ2n) is 9.28. The van der Waals surface area contributed by atoms with E-state index in [1.54, 1.807) is 24.3 Å². The quantitative estimate of drug-likeness (QED) is 0.224. The summed E-state index contributed by atoms with van der Waals surface area (Å²) in [6.07, 6.45) is 3.15. The van der Waals surface area contributed by atoms with Crippen molar-refractivity contribution < 1.29 is 28.4 Å². The molecular formula is C28H34FN5O5. The summed E-state index contributed by atoms with van der Waals surface area (Å²) >= 11 is 0. The molecule has 0 fully saturated rings. The minimum atomic E-state index is -1.04. The summed E-state index contributed by atoms with van der Waals surface area (Å²) in [5, 5.41) is 9.96. The van der Waals surface area contributed by atoms with E-state index in [1.807, 2.05) is 19.9 Å². The zero-order valence-corrected chi connectivity index (χ0v) is 21.9. The van der Waals surface area contributed by atoms with E-state index in [1.165, 1.54) is 36.4 Å². The van der Waals surface area contributed by atoms with Crippen LogP contribution < -0.4 is 27.0 Å². The average Bonchev–Trinajstić information content (AvgIpc) is 2.89. The number of amides is 5. The van der Waals surface area contributed by atoms with Crippen molar-refractivity contribution in [2.45, 2.75) is 38.8 Å². The Morgan fingerprint density at radius 1 is 0.846 bits per heavy atom. The molecule has 10 nitrogen and oxygen atoms in total. The number of carbonyl (C=O) groups is 5. The standard InChI is InChI=1S/C28H34FN5O5/c1-18(2)14-22(27(30)38)33-26(37)17-32-28(39)23(15-20-6-4-3-5-7-20)34-25(36)16-31-24(35)13-10-19-8-11-21(29)12-9-19/h3-13,18,22-23H,14-17H2,1-2H3,(H2,30,38)(H,31,35)(H,32,39)(H,33,37)(H,34,36)/b13-10+/t22-,23-/m0/s1. The van der Waals surface area contributed by atoms with E-state index < -0.39 is 60.5 Å². The molecule has 0 aliphatic carbocycles. The number of primary amides is 1. The Labute approximate surface area is 226 Å². The summed E-state index contributed by atoms with van der Waals surface area (Å²) in [6.45, 7) is 2.93. The van der Waals surface area contributed by atoms with Crippen LogP contribution in [-0.4, -0.2) is 54.7 Å². The van der Waals surface area contributed by atoms with Crippen molar-refractivity contribution >= 4 is 35.6 Å². The van der Waals surface area contributed by atoms with E-state index in [9.17, 15) is 28.4 Å². The van der Waals surface area contributed by atoms with Gasteiger partial charge in [0, 0.05) is 12.5 Å². The monoisotopic (exact) mass is 539 g/mol. The molecule has 2 atom stereocenters. The molecule has 0 saturated carbocycles. The number of nitrogens with one attached hydrogen (secondary N) is 4. The van der Waals surface area contributed by atoms with Crippen LogP contribution in [0.5, 0.6) is 0 Å². The molecule has 0 unspecified atom stereocenters.